The van der Waals surface area contributed by atoms with Gasteiger partial charge in [-0.25, -0.2) is 4.68 Å². The van der Waals surface area contributed by atoms with Crippen molar-refractivity contribution in [2.75, 3.05) is 5.32 Å². The molecule has 118 valence electrons. The molecule has 0 aliphatic rings. The molecule has 0 unspecified atom stereocenters. The molecule has 0 atom stereocenters. The van der Waals surface area contributed by atoms with Crippen molar-refractivity contribution in [3.63, 3.8) is 0 Å². The van der Waals surface area contributed by atoms with Crippen LogP contribution in [0.25, 0.3) is 11.3 Å². The third-order valence-corrected chi connectivity index (χ3v) is 3.49. The molecule has 0 saturated carbocycles. The molecule has 0 fully saturated rings. The van der Waals surface area contributed by atoms with E-state index in [1.807, 2.05) is 37.3 Å². The number of rotatable bonds is 5. The summed E-state index contributed by atoms with van der Waals surface area (Å²) in [4.78, 5) is 12.4. The zero-order valence-corrected chi connectivity index (χ0v) is 13.1. The fraction of sp³-hybridized carbons (Fsp3) is 0.235. The number of hydrogen-bond donors (Lipinski definition) is 1. The second-order valence-electron chi connectivity index (χ2n) is 5.30. The number of aromatic nitrogens is 3. The molecule has 6 heteroatoms. The van der Waals surface area contributed by atoms with Crippen LogP contribution in [0.1, 0.15) is 29.4 Å². The van der Waals surface area contributed by atoms with E-state index in [2.05, 4.69) is 22.5 Å². The highest BCUT2D eigenvalue weighted by molar-refractivity contribution is 6.03. The maximum Gasteiger partial charge on any atom is 0.279 e. The van der Waals surface area contributed by atoms with Gasteiger partial charge in [-0.3, -0.25) is 4.79 Å². The number of hydrogen-bond acceptors (Lipinski definition) is 4. The van der Waals surface area contributed by atoms with Crippen LogP contribution in [-0.2, 0) is 6.54 Å². The summed E-state index contributed by atoms with van der Waals surface area (Å²) in [6.07, 6.45) is 2.68. The van der Waals surface area contributed by atoms with Gasteiger partial charge in [0.15, 0.2) is 11.5 Å². The maximum absolute atomic E-state index is 12.4. The first-order chi connectivity index (χ1) is 11.2. The van der Waals surface area contributed by atoms with E-state index in [9.17, 15) is 4.79 Å². The van der Waals surface area contributed by atoms with Crippen molar-refractivity contribution in [2.45, 2.75) is 26.8 Å². The Labute approximate surface area is 134 Å². The first-order valence-corrected chi connectivity index (χ1v) is 7.55. The Morgan fingerprint density at radius 2 is 2.09 bits per heavy atom. The smallest absolute Gasteiger partial charge is 0.279 e. The Morgan fingerprint density at radius 1 is 1.30 bits per heavy atom. The number of amides is 1. The van der Waals surface area contributed by atoms with Crippen molar-refractivity contribution in [2.24, 2.45) is 0 Å². The monoisotopic (exact) mass is 310 g/mol. The Balaban J connectivity index is 1.80. The summed E-state index contributed by atoms with van der Waals surface area (Å²) < 4.78 is 7.05. The normalized spacial score (nSPS) is 10.7. The van der Waals surface area contributed by atoms with Crippen molar-refractivity contribution >= 4 is 11.7 Å². The van der Waals surface area contributed by atoms with Crippen molar-refractivity contribution in [1.82, 2.24) is 14.9 Å². The Morgan fingerprint density at radius 3 is 2.83 bits per heavy atom. The van der Waals surface area contributed by atoms with E-state index >= 15 is 0 Å². The molecule has 0 radical (unpaired) electrons. The van der Waals surface area contributed by atoms with Crippen LogP contribution in [0.5, 0.6) is 0 Å². The van der Waals surface area contributed by atoms with Crippen molar-refractivity contribution < 1.29 is 9.32 Å². The molecule has 23 heavy (non-hydrogen) atoms. The van der Waals surface area contributed by atoms with Gasteiger partial charge in [-0.15, -0.1) is 0 Å². The van der Waals surface area contributed by atoms with Crippen molar-refractivity contribution in [1.29, 1.82) is 0 Å². The average molecular weight is 310 g/mol. The molecule has 0 saturated heterocycles. The molecule has 0 aliphatic carbocycles. The van der Waals surface area contributed by atoms with Gasteiger partial charge in [0.25, 0.3) is 5.91 Å². The lowest BCUT2D eigenvalue weighted by atomic mass is 10.1. The molecule has 1 aromatic carbocycles. The van der Waals surface area contributed by atoms with E-state index in [-0.39, 0.29) is 11.6 Å². The van der Waals surface area contributed by atoms with E-state index in [4.69, 9.17) is 4.52 Å². The predicted molar refractivity (Wildman–Crippen MR) is 87.1 cm³/mol. The SMILES string of the molecule is CCCn1ncc(C)c1NC(=O)c1cc(-c2ccccc2)on1. The van der Waals surface area contributed by atoms with Gasteiger partial charge in [0, 0.05) is 23.7 Å². The maximum atomic E-state index is 12.4. The second-order valence-corrected chi connectivity index (χ2v) is 5.30. The second kappa shape index (κ2) is 6.48. The zero-order chi connectivity index (χ0) is 16.2. The van der Waals surface area contributed by atoms with Gasteiger partial charge in [-0.2, -0.15) is 5.10 Å². The van der Waals surface area contributed by atoms with Gasteiger partial charge in [0.2, 0.25) is 0 Å². The first-order valence-electron chi connectivity index (χ1n) is 7.55. The molecule has 0 spiro atoms. The minimum Gasteiger partial charge on any atom is -0.355 e. The van der Waals surface area contributed by atoms with Crippen molar-refractivity contribution in [3.8, 4) is 11.3 Å². The Bertz CT molecular complexity index is 805. The molecule has 2 heterocycles. The van der Waals surface area contributed by atoms with E-state index in [1.165, 1.54) is 0 Å². The zero-order valence-electron chi connectivity index (χ0n) is 13.1. The molecule has 3 rings (SSSR count). The fourth-order valence-corrected chi connectivity index (χ4v) is 2.32. The van der Waals surface area contributed by atoms with Gasteiger partial charge in [-0.1, -0.05) is 42.4 Å². The highest BCUT2D eigenvalue weighted by Crippen LogP contribution is 2.21. The van der Waals surface area contributed by atoms with Crippen LogP contribution in [0.3, 0.4) is 0 Å². The highest BCUT2D eigenvalue weighted by Gasteiger charge is 2.17. The average Bonchev–Trinajstić information content (AvgIpc) is 3.18. The summed E-state index contributed by atoms with van der Waals surface area (Å²) in [6.45, 7) is 4.72. The number of anilines is 1. The topological polar surface area (TPSA) is 73.0 Å². The number of carbonyl (C=O) groups excluding carboxylic acids is 1. The lowest BCUT2D eigenvalue weighted by Crippen LogP contribution is -2.16. The Hall–Kier alpha value is -2.89. The number of carbonyl (C=O) groups is 1. The predicted octanol–water partition coefficient (Wildman–Crippen LogP) is 3.51. The number of nitrogens with zero attached hydrogens (tertiary/aromatic N) is 3. The number of nitrogens with one attached hydrogen (secondary N) is 1. The van der Waals surface area contributed by atoms with Crippen molar-refractivity contribution in [3.05, 3.63) is 53.9 Å². The molecule has 1 amide bonds. The van der Waals surface area contributed by atoms with E-state index in [0.717, 1.165) is 24.1 Å². The quantitative estimate of drug-likeness (QED) is 0.782. The van der Waals surface area contributed by atoms with E-state index in [1.54, 1.807) is 16.9 Å². The highest BCUT2D eigenvalue weighted by atomic mass is 16.5. The van der Waals surface area contributed by atoms with Gasteiger partial charge >= 0.3 is 0 Å². The van der Waals surface area contributed by atoms with Crippen LogP contribution in [0.15, 0.2) is 47.1 Å². The summed E-state index contributed by atoms with van der Waals surface area (Å²) in [5.41, 5.74) is 2.04. The molecule has 1 N–H and O–H groups in total. The van der Waals surface area contributed by atoms with Crippen LogP contribution in [0, 0.1) is 6.92 Å². The van der Waals surface area contributed by atoms with E-state index < -0.39 is 0 Å². The molecular formula is C17H18N4O2. The molecule has 0 bridgehead atoms. The van der Waals surface area contributed by atoms with Crippen LogP contribution >= 0.6 is 0 Å². The molecule has 0 aliphatic heterocycles. The minimum absolute atomic E-state index is 0.243. The van der Waals surface area contributed by atoms with Gasteiger partial charge < -0.3 is 9.84 Å². The van der Waals surface area contributed by atoms with E-state index in [0.29, 0.717) is 11.6 Å². The first kappa shape index (κ1) is 15.0. The largest absolute Gasteiger partial charge is 0.355 e. The summed E-state index contributed by atoms with van der Waals surface area (Å²) in [5, 5.41) is 11.0. The minimum atomic E-state index is -0.308. The third-order valence-electron chi connectivity index (χ3n) is 3.49. The van der Waals surface area contributed by atoms with Gasteiger partial charge in [0.1, 0.15) is 5.82 Å². The number of aryl methyl sites for hydroxylation is 2. The summed E-state index contributed by atoms with van der Waals surface area (Å²) >= 11 is 0. The third kappa shape index (κ3) is 3.15. The summed E-state index contributed by atoms with van der Waals surface area (Å²) in [7, 11) is 0. The molecule has 3 aromatic rings. The van der Waals surface area contributed by atoms with Crippen LogP contribution < -0.4 is 5.32 Å². The van der Waals surface area contributed by atoms with Gasteiger partial charge in [0.05, 0.1) is 6.20 Å². The lowest BCUT2D eigenvalue weighted by molar-refractivity contribution is 0.101. The molecule has 6 nitrogen and oxygen atoms in total. The van der Waals surface area contributed by atoms with Crippen LogP contribution in [0.2, 0.25) is 0 Å². The Kier molecular flexibility index (Phi) is 4.23. The summed E-state index contributed by atoms with van der Waals surface area (Å²) in [5.74, 6) is 0.951. The van der Waals surface area contributed by atoms with Gasteiger partial charge in [-0.05, 0) is 13.3 Å². The molecular weight excluding hydrogens is 292 g/mol. The fourth-order valence-electron chi connectivity index (χ4n) is 2.32. The molecule has 2 aromatic heterocycles. The van der Waals surface area contributed by atoms with Crippen LogP contribution in [-0.4, -0.2) is 20.8 Å². The van der Waals surface area contributed by atoms with Crippen LogP contribution in [0.4, 0.5) is 5.82 Å². The lowest BCUT2D eigenvalue weighted by Gasteiger charge is -2.07. The number of benzene rings is 1. The standard InChI is InChI=1S/C17H18N4O2/c1-3-9-21-16(12(2)11-18-21)19-17(22)14-10-15(23-20-14)13-7-5-4-6-8-13/h4-8,10-11H,3,9H2,1-2H3,(H,19,22). The summed E-state index contributed by atoms with van der Waals surface area (Å²) in [6, 6.07) is 11.2.